The fourth-order valence-electron chi connectivity index (χ4n) is 1.36. The number of hydrogen-bond donors (Lipinski definition) is 0. The molecule has 18 heavy (non-hydrogen) atoms. The van der Waals surface area contributed by atoms with Crippen molar-refractivity contribution in [2.75, 3.05) is 26.8 Å². The molecule has 1 rings (SSSR count). The average molecular weight is 268 g/mol. The molecule has 0 aliphatic rings. The highest BCUT2D eigenvalue weighted by atomic mass is 32.2. The second kappa shape index (κ2) is 6.50. The highest BCUT2D eigenvalue weighted by molar-refractivity contribution is 7.89. The lowest BCUT2D eigenvalue weighted by Gasteiger charge is -2.17. The lowest BCUT2D eigenvalue weighted by Crippen LogP contribution is -2.30. The van der Waals surface area contributed by atoms with Crippen LogP contribution in [0.4, 0.5) is 0 Å². The van der Waals surface area contributed by atoms with E-state index in [1.807, 2.05) is 13.0 Å². The van der Waals surface area contributed by atoms with Crippen molar-refractivity contribution in [1.29, 1.82) is 5.26 Å². The fraction of sp³-hybridized carbons (Fsp3) is 0.417. The van der Waals surface area contributed by atoms with Gasteiger partial charge in [-0.15, -0.1) is 0 Å². The molecule has 1 aromatic carbocycles. The van der Waals surface area contributed by atoms with Crippen molar-refractivity contribution in [3.05, 3.63) is 29.8 Å². The number of rotatable bonds is 6. The second-order valence-electron chi connectivity index (χ2n) is 3.66. The lowest BCUT2D eigenvalue weighted by atomic mass is 10.2. The summed E-state index contributed by atoms with van der Waals surface area (Å²) in [5, 5.41) is 8.76. The van der Waals surface area contributed by atoms with Crippen LogP contribution in [0.2, 0.25) is 0 Å². The third kappa shape index (κ3) is 3.53. The normalized spacial score (nSPS) is 11.4. The largest absolute Gasteiger partial charge is 0.380 e. The van der Waals surface area contributed by atoms with E-state index >= 15 is 0 Å². The van der Waals surface area contributed by atoms with E-state index in [4.69, 9.17) is 10.00 Å². The third-order valence-electron chi connectivity index (χ3n) is 2.43. The Hall–Kier alpha value is -1.42. The molecule has 0 atom stereocenters. The van der Waals surface area contributed by atoms with Crippen molar-refractivity contribution in [3.63, 3.8) is 0 Å². The summed E-state index contributed by atoms with van der Waals surface area (Å²) >= 11 is 0. The van der Waals surface area contributed by atoms with Crippen LogP contribution < -0.4 is 0 Å². The Bertz CT molecular complexity index is 534. The fourth-order valence-corrected chi connectivity index (χ4v) is 2.56. The van der Waals surface area contributed by atoms with E-state index in [0.29, 0.717) is 18.8 Å². The Balaban J connectivity index is 2.88. The average Bonchev–Trinajstić information content (AvgIpc) is 2.39. The van der Waals surface area contributed by atoms with Gasteiger partial charge in [-0.2, -0.15) is 9.57 Å². The molecule has 98 valence electrons. The molecule has 0 amide bonds. The molecule has 0 aromatic heterocycles. The number of benzene rings is 1. The molecule has 0 aliphatic carbocycles. The van der Waals surface area contributed by atoms with Gasteiger partial charge in [-0.3, -0.25) is 0 Å². The maximum absolute atomic E-state index is 12.2. The van der Waals surface area contributed by atoms with Crippen LogP contribution in [-0.4, -0.2) is 39.5 Å². The van der Waals surface area contributed by atoms with Gasteiger partial charge in [0.05, 0.1) is 23.1 Å². The molecule has 6 heteroatoms. The minimum atomic E-state index is -3.55. The topological polar surface area (TPSA) is 70.4 Å². The first kappa shape index (κ1) is 14.6. The maximum Gasteiger partial charge on any atom is 0.242 e. The Labute approximate surface area is 108 Å². The van der Waals surface area contributed by atoms with Gasteiger partial charge in [0, 0.05) is 20.2 Å². The van der Waals surface area contributed by atoms with Gasteiger partial charge in [0.25, 0.3) is 0 Å². The predicted molar refractivity (Wildman–Crippen MR) is 67.5 cm³/mol. The Morgan fingerprint density at radius 2 is 2.17 bits per heavy atom. The zero-order valence-electron chi connectivity index (χ0n) is 10.5. The number of hydrogen-bond acceptors (Lipinski definition) is 4. The monoisotopic (exact) mass is 268 g/mol. The van der Waals surface area contributed by atoms with Gasteiger partial charge in [0.2, 0.25) is 10.0 Å². The lowest BCUT2D eigenvalue weighted by molar-refractivity contribution is 0.138. The summed E-state index contributed by atoms with van der Waals surface area (Å²) in [6.45, 7) is 3.04. The highest BCUT2D eigenvalue weighted by Crippen LogP contribution is 2.15. The maximum atomic E-state index is 12.2. The Morgan fingerprint density at radius 3 is 2.78 bits per heavy atom. The molecular weight excluding hydrogens is 252 g/mol. The summed E-state index contributed by atoms with van der Waals surface area (Å²) in [4.78, 5) is 0.126. The molecule has 0 unspecified atom stereocenters. The van der Waals surface area contributed by atoms with Crippen LogP contribution >= 0.6 is 0 Å². The quantitative estimate of drug-likeness (QED) is 0.727. The van der Waals surface area contributed by atoms with Crippen LogP contribution in [-0.2, 0) is 14.8 Å². The summed E-state index contributed by atoms with van der Waals surface area (Å²) < 4.78 is 30.7. The van der Waals surface area contributed by atoms with Crippen molar-refractivity contribution in [1.82, 2.24) is 4.31 Å². The van der Waals surface area contributed by atoms with Gasteiger partial charge >= 0.3 is 0 Å². The minimum absolute atomic E-state index is 0.126. The number of likely N-dealkylation sites (N-methyl/N-ethyl adjacent to an activating group) is 1. The van der Waals surface area contributed by atoms with E-state index in [1.54, 1.807) is 12.1 Å². The first-order valence-corrected chi connectivity index (χ1v) is 7.00. The number of nitriles is 1. The molecular formula is C12H16N2O3S. The van der Waals surface area contributed by atoms with Gasteiger partial charge in [-0.1, -0.05) is 6.07 Å². The summed E-state index contributed by atoms with van der Waals surface area (Å²) in [5.74, 6) is 0. The second-order valence-corrected chi connectivity index (χ2v) is 5.71. The Kier molecular flexibility index (Phi) is 5.28. The predicted octanol–water partition coefficient (Wildman–Crippen LogP) is 1.22. The number of nitrogens with zero attached hydrogens (tertiary/aromatic N) is 2. The third-order valence-corrected chi connectivity index (χ3v) is 4.28. The zero-order valence-corrected chi connectivity index (χ0v) is 11.3. The van der Waals surface area contributed by atoms with Crippen molar-refractivity contribution in [2.45, 2.75) is 11.8 Å². The van der Waals surface area contributed by atoms with Crippen LogP contribution in [0.15, 0.2) is 29.2 Å². The van der Waals surface area contributed by atoms with Crippen LogP contribution in [0.5, 0.6) is 0 Å². The molecule has 0 saturated carbocycles. The molecule has 0 saturated heterocycles. The number of sulfonamides is 1. The van der Waals surface area contributed by atoms with E-state index in [0.717, 1.165) is 0 Å². The van der Waals surface area contributed by atoms with Crippen LogP contribution in [0.3, 0.4) is 0 Å². The standard InChI is InChI=1S/C12H16N2O3S/c1-3-17-8-7-14(2)18(15,16)12-6-4-5-11(9-12)10-13/h4-6,9H,3,7-8H2,1-2H3. The SMILES string of the molecule is CCOCCN(C)S(=O)(=O)c1cccc(C#N)c1. The summed E-state index contributed by atoms with van der Waals surface area (Å²) in [5.41, 5.74) is 0.328. The highest BCUT2D eigenvalue weighted by Gasteiger charge is 2.20. The van der Waals surface area contributed by atoms with Crippen molar-refractivity contribution < 1.29 is 13.2 Å². The summed E-state index contributed by atoms with van der Waals surface area (Å²) in [7, 11) is -2.06. The van der Waals surface area contributed by atoms with Gasteiger partial charge in [-0.25, -0.2) is 8.42 Å². The molecule has 0 fully saturated rings. The molecule has 0 radical (unpaired) electrons. The van der Waals surface area contributed by atoms with Crippen molar-refractivity contribution >= 4 is 10.0 Å². The van der Waals surface area contributed by atoms with E-state index < -0.39 is 10.0 Å². The summed E-state index contributed by atoms with van der Waals surface area (Å²) in [6.07, 6.45) is 0. The van der Waals surface area contributed by atoms with Gasteiger partial charge < -0.3 is 4.74 Å². The van der Waals surface area contributed by atoms with Crippen LogP contribution in [0, 0.1) is 11.3 Å². The molecule has 0 heterocycles. The first-order valence-electron chi connectivity index (χ1n) is 5.56. The zero-order chi connectivity index (χ0) is 13.6. The molecule has 0 N–H and O–H groups in total. The first-order chi connectivity index (χ1) is 8.52. The molecule has 0 spiro atoms. The van der Waals surface area contributed by atoms with Crippen LogP contribution in [0.1, 0.15) is 12.5 Å². The van der Waals surface area contributed by atoms with E-state index in [2.05, 4.69) is 0 Å². The van der Waals surface area contributed by atoms with E-state index in [9.17, 15) is 8.42 Å². The van der Waals surface area contributed by atoms with Crippen LogP contribution in [0.25, 0.3) is 0 Å². The molecule has 0 bridgehead atoms. The van der Waals surface area contributed by atoms with Crippen molar-refractivity contribution in [2.24, 2.45) is 0 Å². The molecule has 1 aromatic rings. The van der Waals surface area contributed by atoms with E-state index in [-0.39, 0.29) is 11.4 Å². The van der Waals surface area contributed by atoms with Gasteiger partial charge in [-0.05, 0) is 25.1 Å². The summed E-state index contributed by atoms with van der Waals surface area (Å²) in [6, 6.07) is 7.90. The smallest absolute Gasteiger partial charge is 0.242 e. The van der Waals surface area contributed by atoms with Gasteiger partial charge in [0.1, 0.15) is 0 Å². The Morgan fingerprint density at radius 1 is 1.44 bits per heavy atom. The van der Waals surface area contributed by atoms with Gasteiger partial charge in [0.15, 0.2) is 0 Å². The molecule has 5 nitrogen and oxygen atoms in total. The minimum Gasteiger partial charge on any atom is -0.380 e. The van der Waals surface area contributed by atoms with E-state index in [1.165, 1.54) is 23.5 Å². The molecule has 0 aliphatic heterocycles. The van der Waals surface area contributed by atoms with Crippen molar-refractivity contribution in [3.8, 4) is 6.07 Å². The number of ether oxygens (including phenoxy) is 1.